The summed E-state index contributed by atoms with van der Waals surface area (Å²) in [6, 6.07) is 9.54. The number of carbonyl (C=O) groups excluding carboxylic acids is 1. The number of amides is 1. The van der Waals surface area contributed by atoms with Crippen LogP contribution < -0.4 is 10.6 Å². The lowest BCUT2D eigenvalue weighted by Gasteiger charge is -2.33. The van der Waals surface area contributed by atoms with Crippen LogP contribution in [0.25, 0.3) is 5.65 Å². The van der Waals surface area contributed by atoms with Crippen LogP contribution in [0.15, 0.2) is 42.7 Å². The zero-order chi connectivity index (χ0) is 17.2. The number of nitrogens with two attached hydrogens (primary N) is 1. The Bertz CT molecular complexity index is 888. The third-order valence-electron chi connectivity index (χ3n) is 4.73. The minimum absolute atomic E-state index is 0.437. The summed E-state index contributed by atoms with van der Waals surface area (Å²) in [7, 11) is 0. The zero-order valence-electron chi connectivity index (χ0n) is 13.9. The molecule has 3 aromatic rings. The van der Waals surface area contributed by atoms with Crippen molar-refractivity contribution < 1.29 is 4.79 Å². The number of hydrogen-bond acceptors (Lipinski definition) is 5. The summed E-state index contributed by atoms with van der Waals surface area (Å²) in [5, 5.41) is 8.58. The monoisotopic (exact) mass is 336 g/mol. The number of pyridine rings is 2. The van der Waals surface area contributed by atoms with Gasteiger partial charge in [-0.3, -0.25) is 9.20 Å². The molecule has 3 aromatic heterocycles. The van der Waals surface area contributed by atoms with E-state index in [4.69, 9.17) is 5.73 Å². The van der Waals surface area contributed by atoms with Gasteiger partial charge in [0.15, 0.2) is 5.65 Å². The van der Waals surface area contributed by atoms with Crippen molar-refractivity contribution in [2.24, 2.45) is 11.7 Å². The van der Waals surface area contributed by atoms with Crippen molar-refractivity contribution in [1.29, 1.82) is 0 Å². The number of fused-ring (bicyclic) bond motifs is 1. The van der Waals surface area contributed by atoms with Crippen molar-refractivity contribution in [2.75, 3.05) is 18.0 Å². The van der Waals surface area contributed by atoms with Gasteiger partial charge in [0, 0.05) is 31.9 Å². The molecule has 0 aliphatic carbocycles. The van der Waals surface area contributed by atoms with Crippen LogP contribution in [0.1, 0.15) is 29.0 Å². The Morgan fingerprint density at radius 3 is 2.96 bits per heavy atom. The summed E-state index contributed by atoms with van der Waals surface area (Å²) >= 11 is 0. The van der Waals surface area contributed by atoms with Crippen LogP contribution in [-0.4, -0.2) is 38.6 Å². The van der Waals surface area contributed by atoms with E-state index in [9.17, 15) is 4.79 Å². The smallest absolute Gasteiger partial charge is 0.250 e. The van der Waals surface area contributed by atoms with Crippen molar-refractivity contribution in [3.8, 4) is 0 Å². The van der Waals surface area contributed by atoms with Gasteiger partial charge in [0.25, 0.3) is 0 Å². The highest BCUT2D eigenvalue weighted by Gasteiger charge is 2.23. The highest BCUT2D eigenvalue weighted by atomic mass is 16.1. The second-order valence-corrected chi connectivity index (χ2v) is 6.47. The summed E-state index contributed by atoms with van der Waals surface area (Å²) in [6.45, 7) is 1.89. The van der Waals surface area contributed by atoms with Crippen molar-refractivity contribution in [2.45, 2.75) is 19.3 Å². The van der Waals surface area contributed by atoms with E-state index in [0.29, 0.717) is 11.5 Å². The summed E-state index contributed by atoms with van der Waals surface area (Å²) in [4.78, 5) is 17.8. The lowest BCUT2D eigenvalue weighted by atomic mass is 9.94. The molecule has 1 saturated heterocycles. The predicted octanol–water partition coefficient (Wildman–Crippen LogP) is 1.68. The summed E-state index contributed by atoms with van der Waals surface area (Å²) in [6.07, 6.45) is 6.72. The molecular formula is C18H20N6O. The second kappa shape index (κ2) is 6.51. The lowest BCUT2D eigenvalue weighted by molar-refractivity contribution is 0.1000. The van der Waals surface area contributed by atoms with Gasteiger partial charge in [-0.2, -0.15) is 0 Å². The van der Waals surface area contributed by atoms with Gasteiger partial charge in [0.2, 0.25) is 5.91 Å². The Labute approximate surface area is 145 Å². The van der Waals surface area contributed by atoms with E-state index in [-0.39, 0.29) is 0 Å². The molecule has 0 saturated carbocycles. The number of piperidine rings is 1. The number of hydrogen-bond donors (Lipinski definition) is 1. The average molecular weight is 336 g/mol. The Morgan fingerprint density at radius 2 is 2.16 bits per heavy atom. The maximum Gasteiger partial charge on any atom is 0.250 e. The van der Waals surface area contributed by atoms with E-state index >= 15 is 0 Å². The molecular weight excluding hydrogens is 316 g/mol. The third kappa shape index (κ3) is 3.17. The van der Waals surface area contributed by atoms with Gasteiger partial charge >= 0.3 is 0 Å². The summed E-state index contributed by atoms with van der Waals surface area (Å²) in [5.41, 5.74) is 6.60. The zero-order valence-corrected chi connectivity index (χ0v) is 13.9. The maximum atomic E-state index is 11.2. The molecule has 1 fully saturated rings. The molecule has 1 aliphatic heterocycles. The fourth-order valence-electron chi connectivity index (χ4n) is 3.45. The van der Waals surface area contributed by atoms with E-state index in [0.717, 1.165) is 49.6 Å². The molecule has 0 spiro atoms. The molecule has 0 bridgehead atoms. The number of anilines is 1. The first-order chi connectivity index (χ1) is 12.2. The van der Waals surface area contributed by atoms with Crippen LogP contribution in [0.4, 0.5) is 5.82 Å². The van der Waals surface area contributed by atoms with Gasteiger partial charge in [-0.25, -0.2) is 4.98 Å². The fourth-order valence-corrected chi connectivity index (χ4v) is 3.45. The third-order valence-corrected chi connectivity index (χ3v) is 4.73. The molecule has 0 aromatic carbocycles. The topological polar surface area (TPSA) is 89.4 Å². The SMILES string of the molecule is NC(=O)c1ccc(N2CCCC(Cc3nnc4ccccn34)C2)nc1. The van der Waals surface area contributed by atoms with Gasteiger partial charge in [-0.05, 0) is 43.0 Å². The van der Waals surface area contributed by atoms with Crippen LogP contribution in [0, 0.1) is 5.92 Å². The fraction of sp³-hybridized carbons (Fsp3) is 0.333. The quantitative estimate of drug-likeness (QED) is 0.783. The Balaban J connectivity index is 1.48. The molecule has 7 heteroatoms. The molecule has 1 atom stereocenters. The van der Waals surface area contributed by atoms with E-state index < -0.39 is 5.91 Å². The van der Waals surface area contributed by atoms with E-state index in [1.165, 1.54) is 0 Å². The Morgan fingerprint density at radius 1 is 1.24 bits per heavy atom. The summed E-state index contributed by atoms with van der Waals surface area (Å²) < 4.78 is 2.05. The molecule has 25 heavy (non-hydrogen) atoms. The van der Waals surface area contributed by atoms with E-state index in [2.05, 4.69) is 24.5 Å². The first-order valence-electron chi connectivity index (χ1n) is 8.50. The first-order valence-corrected chi connectivity index (χ1v) is 8.50. The molecule has 128 valence electrons. The number of primary amides is 1. The van der Waals surface area contributed by atoms with Gasteiger partial charge < -0.3 is 10.6 Å². The molecule has 7 nitrogen and oxygen atoms in total. The minimum atomic E-state index is -0.450. The second-order valence-electron chi connectivity index (χ2n) is 6.47. The predicted molar refractivity (Wildman–Crippen MR) is 94.4 cm³/mol. The molecule has 2 N–H and O–H groups in total. The van der Waals surface area contributed by atoms with Crippen molar-refractivity contribution >= 4 is 17.4 Å². The van der Waals surface area contributed by atoms with Crippen molar-refractivity contribution in [1.82, 2.24) is 19.6 Å². The van der Waals surface area contributed by atoms with Crippen LogP contribution in [0.2, 0.25) is 0 Å². The highest BCUT2D eigenvalue weighted by molar-refractivity contribution is 5.92. The largest absolute Gasteiger partial charge is 0.366 e. The Kier molecular flexibility index (Phi) is 4.05. The van der Waals surface area contributed by atoms with E-state index in [1.807, 2.05) is 30.5 Å². The van der Waals surface area contributed by atoms with Crippen molar-refractivity contribution in [3.05, 3.63) is 54.1 Å². The average Bonchev–Trinajstić information content (AvgIpc) is 3.05. The van der Waals surface area contributed by atoms with Crippen LogP contribution in [0.3, 0.4) is 0 Å². The minimum Gasteiger partial charge on any atom is -0.366 e. The normalized spacial score (nSPS) is 17.8. The van der Waals surface area contributed by atoms with Gasteiger partial charge in [-0.15, -0.1) is 10.2 Å². The number of aromatic nitrogens is 4. The van der Waals surface area contributed by atoms with Gasteiger partial charge in [-0.1, -0.05) is 6.07 Å². The molecule has 4 rings (SSSR count). The molecule has 1 unspecified atom stereocenters. The molecule has 1 amide bonds. The van der Waals surface area contributed by atoms with Crippen LogP contribution in [0.5, 0.6) is 0 Å². The number of rotatable bonds is 4. The maximum absolute atomic E-state index is 11.2. The Hall–Kier alpha value is -2.96. The van der Waals surface area contributed by atoms with Crippen molar-refractivity contribution in [3.63, 3.8) is 0 Å². The van der Waals surface area contributed by atoms with Crippen LogP contribution in [-0.2, 0) is 6.42 Å². The molecule has 4 heterocycles. The number of carbonyl (C=O) groups is 1. The lowest BCUT2D eigenvalue weighted by Crippen LogP contribution is -2.37. The summed E-state index contributed by atoms with van der Waals surface area (Å²) in [5.74, 6) is 1.94. The van der Waals surface area contributed by atoms with Gasteiger partial charge in [0.1, 0.15) is 11.6 Å². The van der Waals surface area contributed by atoms with Gasteiger partial charge in [0.05, 0.1) is 5.56 Å². The number of nitrogens with zero attached hydrogens (tertiary/aromatic N) is 5. The first kappa shape index (κ1) is 15.6. The van der Waals surface area contributed by atoms with E-state index in [1.54, 1.807) is 12.3 Å². The molecule has 0 radical (unpaired) electrons. The highest BCUT2D eigenvalue weighted by Crippen LogP contribution is 2.24. The molecule has 1 aliphatic rings. The van der Waals surface area contributed by atoms with Crippen LogP contribution >= 0.6 is 0 Å². The standard InChI is InChI=1S/C18H20N6O/c19-18(25)14-6-7-15(20-11-14)23-8-3-4-13(12-23)10-17-22-21-16-5-1-2-9-24(16)17/h1-2,5-7,9,11,13H,3-4,8,10,12H2,(H2,19,25).